The van der Waals surface area contributed by atoms with Crippen molar-refractivity contribution in [3.8, 4) is 0 Å². The Morgan fingerprint density at radius 2 is 1.87 bits per heavy atom. The molecule has 0 bridgehead atoms. The molecule has 170 valence electrons. The largest absolute Gasteiger partial charge is 0.379 e. The zero-order valence-corrected chi connectivity index (χ0v) is 20.2. The molecule has 0 N–H and O–H groups in total. The van der Waals surface area contributed by atoms with Crippen LogP contribution in [-0.4, -0.2) is 51.4 Å². The second-order valence-corrected chi connectivity index (χ2v) is 10.4. The molecular weight excluding hydrogens is 410 g/mol. The Bertz CT molecular complexity index is 949. The lowest BCUT2D eigenvalue weighted by Gasteiger charge is -2.36. The van der Waals surface area contributed by atoms with Crippen LogP contribution in [0.1, 0.15) is 47.5 Å². The molecule has 0 spiro atoms. The van der Waals surface area contributed by atoms with Crippen LogP contribution in [0.3, 0.4) is 0 Å². The third-order valence-corrected chi connectivity index (χ3v) is 6.69. The number of hydrogen-bond acceptors (Lipinski definition) is 5. The van der Waals surface area contributed by atoms with Crippen molar-refractivity contribution in [1.82, 2.24) is 14.5 Å². The van der Waals surface area contributed by atoms with E-state index in [9.17, 15) is 9.59 Å². The number of para-hydroxylation sites is 1. The maximum atomic E-state index is 13.2. The highest BCUT2D eigenvalue weighted by Gasteiger charge is 2.29. The number of carbonyl (C=O) groups is 1. The molecule has 1 amide bonds. The van der Waals surface area contributed by atoms with E-state index in [0.29, 0.717) is 41.0 Å². The smallest absolute Gasteiger partial charge is 0.262 e. The van der Waals surface area contributed by atoms with Crippen LogP contribution in [0.15, 0.2) is 34.2 Å². The minimum Gasteiger partial charge on any atom is -0.379 e. The van der Waals surface area contributed by atoms with Gasteiger partial charge in [-0.2, -0.15) is 0 Å². The first kappa shape index (κ1) is 23.8. The molecule has 1 aromatic heterocycles. The summed E-state index contributed by atoms with van der Waals surface area (Å²) in [7, 11) is 0. The lowest BCUT2D eigenvalue weighted by Crippen LogP contribution is -2.45. The van der Waals surface area contributed by atoms with E-state index in [0.717, 1.165) is 25.9 Å². The molecule has 0 saturated carbocycles. The van der Waals surface area contributed by atoms with Crippen molar-refractivity contribution < 1.29 is 9.53 Å². The number of benzene rings is 1. The predicted octanol–water partition coefficient (Wildman–Crippen LogP) is 4.20. The van der Waals surface area contributed by atoms with Crippen LogP contribution in [0.5, 0.6) is 0 Å². The summed E-state index contributed by atoms with van der Waals surface area (Å²) in [5, 5.41) is 0.908. The van der Waals surface area contributed by atoms with Crippen molar-refractivity contribution in [2.75, 3.05) is 19.7 Å². The van der Waals surface area contributed by atoms with Crippen molar-refractivity contribution in [3.05, 3.63) is 34.6 Å². The molecule has 2 heterocycles. The summed E-state index contributed by atoms with van der Waals surface area (Å²) in [5.74, 6) is 1.16. The lowest BCUT2D eigenvalue weighted by molar-refractivity contribution is -0.132. The van der Waals surface area contributed by atoms with Crippen LogP contribution in [0.2, 0.25) is 0 Å². The van der Waals surface area contributed by atoms with Crippen molar-refractivity contribution in [2.24, 2.45) is 11.8 Å². The van der Waals surface area contributed by atoms with Crippen LogP contribution in [-0.2, 0) is 16.1 Å². The molecule has 1 aliphatic rings. The molecule has 0 radical (unpaired) electrons. The molecule has 3 atom stereocenters. The van der Waals surface area contributed by atoms with Gasteiger partial charge in [-0.3, -0.25) is 14.2 Å². The van der Waals surface area contributed by atoms with Gasteiger partial charge in [0.2, 0.25) is 5.91 Å². The Morgan fingerprint density at radius 1 is 1.19 bits per heavy atom. The monoisotopic (exact) mass is 445 g/mol. The standard InChI is InChI=1S/C24H35N3O3S/c1-16(2)30-12-8-11-27-23(29)20-9-6-7-10-21(20)25-24(27)31-19(5)22(28)26-14-17(3)13-18(4)15-26/h6-7,9-10,16-19H,8,11-15H2,1-5H3/t17-,18-,19-/m1/s1. The number of piperidine rings is 1. The number of rotatable bonds is 8. The van der Waals surface area contributed by atoms with Gasteiger partial charge >= 0.3 is 0 Å². The Labute approximate surface area is 189 Å². The van der Waals surface area contributed by atoms with Gasteiger partial charge in [0.25, 0.3) is 5.56 Å². The van der Waals surface area contributed by atoms with E-state index >= 15 is 0 Å². The lowest BCUT2D eigenvalue weighted by atomic mass is 9.92. The second-order valence-electron chi connectivity index (χ2n) is 9.09. The Morgan fingerprint density at radius 3 is 2.55 bits per heavy atom. The van der Waals surface area contributed by atoms with Gasteiger partial charge in [-0.05, 0) is 57.6 Å². The molecule has 1 saturated heterocycles. The van der Waals surface area contributed by atoms with E-state index in [-0.39, 0.29) is 22.8 Å². The minimum absolute atomic E-state index is 0.0579. The van der Waals surface area contributed by atoms with Gasteiger partial charge in [-0.15, -0.1) is 0 Å². The SMILES string of the molecule is CC(C)OCCCn1c(S[C@H](C)C(=O)N2C[C@H](C)C[C@@H](C)C2)nc2ccccc2c1=O. The zero-order valence-electron chi connectivity index (χ0n) is 19.3. The third kappa shape index (κ3) is 6.10. The number of amides is 1. The molecule has 2 aromatic rings. The molecular formula is C24H35N3O3S. The summed E-state index contributed by atoms with van der Waals surface area (Å²) in [4.78, 5) is 33.1. The molecule has 3 rings (SSSR count). The summed E-state index contributed by atoms with van der Waals surface area (Å²) < 4.78 is 7.36. The number of thioether (sulfide) groups is 1. The topological polar surface area (TPSA) is 64.4 Å². The predicted molar refractivity (Wildman–Crippen MR) is 127 cm³/mol. The molecule has 31 heavy (non-hydrogen) atoms. The number of fused-ring (bicyclic) bond motifs is 1. The van der Waals surface area contributed by atoms with Gasteiger partial charge in [0.05, 0.1) is 22.3 Å². The summed E-state index contributed by atoms with van der Waals surface area (Å²) in [6, 6.07) is 7.41. The van der Waals surface area contributed by atoms with Crippen LogP contribution in [0.25, 0.3) is 10.9 Å². The normalized spacial score (nSPS) is 20.4. The van der Waals surface area contributed by atoms with Gasteiger partial charge in [0.15, 0.2) is 5.16 Å². The molecule has 7 heteroatoms. The first-order valence-electron chi connectivity index (χ1n) is 11.3. The average Bonchev–Trinajstić information content (AvgIpc) is 2.71. The van der Waals surface area contributed by atoms with E-state index in [1.807, 2.05) is 49.9 Å². The van der Waals surface area contributed by atoms with Gasteiger partial charge in [-0.1, -0.05) is 37.7 Å². The number of hydrogen-bond donors (Lipinski definition) is 0. The van der Waals surface area contributed by atoms with Crippen molar-refractivity contribution in [3.63, 3.8) is 0 Å². The summed E-state index contributed by atoms with van der Waals surface area (Å²) in [6.45, 7) is 13.0. The zero-order chi connectivity index (χ0) is 22.5. The fourth-order valence-corrected chi connectivity index (χ4v) is 5.30. The molecule has 1 fully saturated rings. The van der Waals surface area contributed by atoms with Crippen LogP contribution in [0, 0.1) is 11.8 Å². The highest BCUT2D eigenvalue weighted by atomic mass is 32.2. The number of ether oxygens (including phenoxy) is 1. The fourth-order valence-electron chi connectivity index (χ4n) is 4.29. The molecule has 0 unspecified atom stereocenters. The second kappa shape index (κ2) is 10.6. The van der Waals surface area contributed by atoms with Crippen LogP contribution < -0.4 is 5.56 Å². The molecule has 1 aliphatic heterocycles. The van der Waals surface area contributed by atoms with E-state index in [1.165, 1.54) is 11.8 Å². The van der Waals surface area contributed by atoms with E-state index in [4.69, 9.17) is 9.72 Å². The highest BCUT2D eigenvalue weighted by molar-refractivity contribution is 8.00. The van der Waals surface area contributed by atoms with Crippen molar-refractivity contribution in [2.45, 2.75) is 70.5 Å². The molecule has 0 aliphatic carbocycles. The highest BCUT2D eigenvalue weighted by Crippen LogP contribution is 2.27. The maximum Gasteiger partial charge on any atom is 0.262 e. The van der Waals surface area contributed by atoms with Crippen molar-refractivity contribution >= 4 is 28.6 Å². The number of carbonyl (C=O) groups excluding carboxylic acids is 1. The minimum atomic E-state index is -0.302. The summed E-state index contributed by atoms with van der Waals surface area (Å²) in [6.07, 6.45) is 2.04. The van der Waals surface area contributed by atoms with Crippen LogP contribution >= 0.6 is 11.8 Å². The Balaban J connectivity index is 1.82. The van der Waals surface area contributed by atoms with E-state index in [1.54, 1.807) is 4.57 Å². The third-order valence-electron chi connectivity index (χ3n) is 5.61. The quantitative estimate of drug-likeness (QED) is 0.346. The fraction of sp³-hybridized carbons (Fsp3) is 0.625. The number of nitrogens with zero attached hydrogens (tertiary/aromatic N) is 3. The first-order valence-corrected chi connectivity index (χ1v) is 12.2. The van der Waals surface area contributed by atoms with Gasteiger partial charge in [0.1, 0.15) is 0 Å². The number of likely N-dealkylation sites (tertiary alicyclic amines) is 1. The Kier molecular flexibility index (Phi) is 8.17. The maximum absolute atomic E-state index is 13.2. The van der Waals surface area contributed by atoms with Crippen molar-refractivity contribution in [1.29, 1.82) is 0 Å². The molecule has 1 aromatic carbocycles. The first-order chi connectivity index (χ1) is 14.8. The van der Waals surface area contributed by atoms with E-state index in [2.05, 4.69) is 13.8 Å². The van der Waals surface area contributed by atoms with Crippen LogP contribution in [0.4, 0.5) is 0 Å². The molecule has 6 nitrogen and oxygen atoms in total. The summed E-state index contributed by atoms with van der Waals surface area (Å²) >= 11 is 1.39. The number of aromatic nitrogens is 2. The summed E-state index contributed by atoms with van der Waals surface area (Å²) in [5.41, 5.74) is 0.613. The van der Waals surface area contributed by atoms with Gasteiger partial charge in [0, 0.05) is 26.2 Å². The van der Waals surface area contributed by atoms with Gasteiger partial charge in [-0.25, -0.2) is 4.98 Å². The average molecular weight is 446 g/mol. The van der Waals surface area contributed by atoms with Gasteiger partial charge < -0.3 is 9.64 Å². The Hall–Kier alpha value is -1.86. The van der Waals surface area contributed by atoms with E-state index < -0.39 is 0 Å².